The molecule has 7 heteroatoms. The zero-order chi connectivity index (χ0) is 15.4. The summed E-state index contributed by atoms with van der Waals surface area (Å²) in [5, 5.41) is 14.9. The summed E-state index contributed by atoms with van der Waals surface area (Å²) in [6, 6.07) is 3.93. The van der Waals surface area contributed by atoms with Crippen LogP contribution in [0.15, 0.2) is 23.3 Å². The molecule has 21 heavy (non-hydrogen) atoms. The predicted molar refractivity (Wildman–Crippen MR) is 80.6 cm³/mol. The van der Waals surface area contributed by atoms with Crippen LogP contribution in [-0.2, 0) is 0 Å². The Labute approximate surface area is 127 Å². The SMILES string of the molecule is CC1CCCC(=NNC(=O)c2ccc(Cl)c([N+](=O)[O-])c2)C1. The lowest BCUT2D eigenvalue weighted by molar-refractivity contribution is -0.384. The third-order valence-corrected chi connectivity index (χ3v) is 3.79. The van der Waals surface area contributed by atoms with Crippen LogP contribution in [0.5, 0.6) is 0 Å². The number of hydrogen-bond acceptors (Lipinski definition) is 4. The third kappa shape index (κ3) is 4.01. The van der Waals surface area contributed by atoms with Crippen LogP contribution in [0.3, 0.4) is 0 Å². The van der Waals surface area contributed by atoms with Crippen LogP contribution in [-0.4, -0.2) is 16.5 Å². The highest BCUT2D eigenvalue weighted by molar-refractivity contribution is 6.32. The molecule has 0 heterocycles. The van der Waals surface area contributed by atoms with Crippen LogP contribution in [0.2, 0.25) is 5.02 Å². The quantitative estimate of drug-likeness (QED) is 0.684. The predicted octanol–water partition coefficient (Wildman–Crippen LogP) is 3.54. The van der Waals surface area contributed by atoms with Gasteiger partial charge in [-0.1, -0.05) is 18.5 Å². The molecule has 1 N–H and O–H groups in total. The van der Waals surface area contributed by atoms with Gasteiger partial charge in [-0.15, -0.1) is 0 Å². The van der Waals surface area contributed by atoms with Crippen molar-refractivity contribution < 1.29 is 9.72 Å². The first-order chi connectivity index (χ1) is 9.97. The van der Waals surface area contributed by atoms with Gasteiger partial charge in [0.05, 0.1) is 4.92 Å². The molecule has 1 atom stereocenters. The molecule has 0 aromatic heterocycles. The number of carbonyl (C=O) groups is 1. The molecule has 0 bridgehead atoms. The van der Waals surface area contributed by atoms with E-state index in [9.17, 15) is 14.9 Å². The van der Waals surface area contributed by atoms with E-state index in [-0.39, 0.29) is 16.3 Å². The summed E-state index contributed by atoms with van der Waals surface area (Å²) in [5.41, 5.74) is 3.30. The number of amides is 1. The zero-order valence-electron chi connectivity index (χ0n) is 11.6. The van der Waals surface area contributed by atoms with E-state index in [0.29, 0.717) is 5.92 Å². The van der Waals surface area contributed by atoms with Crippen molar-refractivity contribution in [3.8, 4) is 0 Å². The number of nitro groups is 1. The molecule has 1 aliphatic carbocycles. The fourth-order valence-corrected chi connectivity index (χ4v) is 2.54. The van der Waals surface area contributed by atoms with Gasteiger partial charge >= 0.3 is 0 Å². The number of benzene rings is 1. The number of nitrogens with zero attached hydrogens (tertiary/aromatic N) is 2. The maximum Gasteiger partial charge on any atom is 0.288 e. The summed E-state index contributed by atoms with van der Waals surface area (Å²) in [4.78, 5) is 22.2. The molecule has 1 aromatic carbocycles. The highest BCUT2D eigenvalue weighted by Gasteiger charge is 2.17. The van der Waals surface area contributed by atoms with E-state index in [2.05, 4.69) is 17.5 Å². The van der Waals surface area contributed by atoms with Crippen LogP contribution >= 0.6 is 11.6 Å². The monoisotopic (exact) mass is 309 g/mol. The first-order valence-corrected chi connectivity index (χ1v) is 7.15. The summed E-state index contributed by atoms with van der Waals surface area (Å²) in [6.45, 7) is 2.15. The number of hydrazone groups is 1. The van der Waals surface area contributed by atoms with Gasteiger partial charge in [-0.25, -0.2) is 5.43 Å². The van der Waals surface area contributed by atoms with Crippen LogP contribution in [0.25, 0.3) is 0 Å². The molecule has 0 aliphatic heterocycles. The zero-order valence-corrected chi connectivity index (χ0v) is 12.4. The highest BCUT2D eigenvalue weighted by Crippen LogP contribution is 2.25. The molecule has 1 aromatic rings. The first-order valence-electron chi connectivity index (χ1n) is 6.77. The summed E-state index contributed by atoms with van der Waals surface area (Å²) >= 11 is 5.71. The Morgan fingerprint density at radius 2 is 2.29 bits per heavy atom. The van der Waals surface area contributed by atoms with E-state index in [4.69, 9.17) is 11.6 Å². The molecule has 1 fully saturated rings. The van der Waals surface area contributed by atoms with Crippen LogP contribution in [0, 0.1) is 16.0 Å². The number of hydrogen-bond donors (Lipinski definition) is 1. The van der Waals surface area contributed by atoms with Crippen LogP contribution in [0.1, 0.15) is 43.0 Å². The molecular weight excluding hydrogens is 294 g/mol. The van der Waals surface area contributed by atoms with Crippen molar-refractivity contribution in [2.75, 3.05) is 0 Å². The minimum atomic E-state index is -0.617. The second-order valence-corrected chi connectivity index (χ2v) is 5.65. The summed E-state index contributed by atoms with van der Waals surface area (Å²) in [5.74, 6) is 0.103. The molecular formula is C14H16ClN3O3. The average Bonchev–Trinajstić information content (AvgIpc) is 2.45. The number of carbonyl (C=O) groups excluding carboxylic acids is 1. The Morgan fingerprint density at radius 3 is 2.95 bits per heavy atom. The largest absolute Gasteiger partial charge is 0.288 e. The van der Waals surface area contributed by atoms with Gasteiger partial charge in [0.2, 0.25) is 0 Å². The standard InChI is InChI=1S/C14H16ClN3O3/c1-9-3-2-4-11(7-9)16-17-14(19)10-5-6-12(15)13(8-10)18(20)21/h5-6,8-9H,2-4,7H2,1H3,(H,17,19). The van der Waals surface area contributed by atoms with E-state index in [0.717, 1.165) is 31.0 Å². The average molecular weight is 310 g/mol. The van der Waals surface area contributed by atoms with E-state index < -0.39 is 10.8 Å². The van der Waals surface area contributed by atoms with Crippen molar-refractivity contribution in [3.05, 3.63) is 38.9 Å². The summed E-state index contributed by atoms with van der Waals surface area (Å²) in [7, 11) is 0. The van der Waals surface area contributed by atoms with E-state index in [1.165, 1.54) is 18.6 Å². The lowest BCUT2D eigenvalue weighted by Crippen LogP contribution is -2.22. The molecule has 1 aliphatic rings. The van der Waals surface area contributed by atoms with Crippen LogP contribution in [0.4, 0.5) is 5.69 Å². The minimum absolute atomic E-state index is 0.00368. The molecule has 112 valence electrons. The lowest BCUT2D eigenvalue weighted by Gasteiger charge is -2.18. The normalized spacial score (nSPS) is 20.3. The molecule has 1 unspecified atom stereocenters. The van der Waals surface area contributed by atoms with Gasteiger partial charge in [0.15, 0.2) is 0 Å². The Morgan fingerprint density at radius 1 is 1.52 bits per heavy atom. The molecule has 1 saturated carbocycles. The van der Waals surface area contributed by atoms with Gasteiger partial charge in [0, 0.05) is 17.3 Å². The van der Waals surface area contributed by atoms with Gasteiger partial charge in [-0.05, 0) is 43.7 Å². The van der Waals surface area contributed by atoms with E-state index in [1.807, 2.05) is 0 Å². The van der Waals surface area contributed by atoms with Gasteiger partial charge in [-0.3, -0.25) is 14.9 Å². The van der Waals surface area contributed by atoms with Crippen molar-refractivity contribution in [1.82, 2.24) is 5.43 Å². The minimum Gasteiger partial charge on any atom is -0.267 e. The molecule has 1 amide bonds. The molecule has 0 spiro atoms. The van der Waals surface area contributed by atoms with Crippen molar-refractivity contribution in [1.29, 1.82) is 0 Å². The fourth-order valence-electron chi connectivity index (χ4n) is 2.35. The second-order valence-electron chi connectivity index (χ2n) is 5.24. The maximum absolute atomic E-state index is 12.0. The third-order valence-electron chi connectivity index (χ3n) is 3.47. The van der Waals surface area contributed by atoms with Crippen LogP contribution < -0.4 is 5.43 Å². The van der Waals surface area contributed by atoms with Gasteiger partial charge in [-0.2, -0.15) is 5.10 Å². The summed E-state index contributed by atoms with van der Waals surface area (Å²) in [6.07, 6.45) is 4.01. The van der Waals surface area contributed by atoms with Crippen molar-refractivity contribution in [2.24, 2.45) is 11.0 Å². The fraction of sp³-hybridized carbons (Fsp3) is 0.429. The molecule has 0 radical (unpaired) electrons. The van der Waals surface area contributed by atoms with Gasteiger partial charge in [0.25, 0.3) is 11.6 Å². The Hall–Kier alpha value is -1.95. The van der Waals surface area contributed by atoms with Gasteiger partial charge in [0.1, 0.15) is 5.02 Å². The van der Waals surface area contributed by atoms with Crippen molar-refractivity contribution in [3.63, 3.8) is 0 Å². The highest BCUT2D eigenvalue weighted by atomic mass is 35.5. The molecule has 0 saturated heterocycles. The molecule has 6 nitrogen and oxygen atoms in total. The van der Waals surface area contributed by atoms with E-state index in [1.54, 1.807) is 0 Å². The maximum atomic E-state index is 12.0. The number of nitrogens with one attached hydrogen (secondary N) is 1. The number of nitro benzene ring substituents is 1. The lowest BCUT2D eigenvalue weighted by atomic mass is 9.89. The smallest absolute Gasteiger partial charge is 0.267 e. The Kier molecular flexibility index (Phi) is 4.90. The summed E-state index contributed by atoms with van der Waals surface area (Å²) < 4.78 is 0. The number of halogens is 1. The topological polar surface area (TPSA) is 84.6 Å². The van der Waals surface area contributed by atoms with Crippen molar-refractivity contribution in [2.45, 2.75) is 32.6 Å². The second kappa shape index (κ2) is 6.67. The van der Waals surface area contributed by atoms with E-state index >= 15 is 0 Å². The Bertz CT molecular complexity index is 601. The number of rotatable bonds is 3. The first kappa shape index (κ1) is 15.4. The van der Waals surface area contributed by atoms with Crippen molar-refractivity contribution >= 4 is 28.9 Å². The van der Waals surface area contributed by atoms with Gasteiger partial charge < -0.3 is 0 Å². The Balaban J connectivity index is 2.08. The molecule has 2 rings (SSSR count).